The van der Waals surface area contributed by atoms with Crippen molar-refractivity contribution in [3.8, 4) is 17.0 Å². The molecule has 0 saturated heterocycles. The molecular weight excluding hydrogens is 184 g/mol. The van der Waals surface area contributed by atoms with Crippen molar-refractivity contribution >= 4 is 6.29 Å². The molecule has 1 aromatic carbocycles. The molecule has 5 heteroatoms. The molecule has 0 atom stereocenters. The van der Waals surface area contributed by atoms with Crippen molar-refractivity contribution in [3.05, 3.63) is 30.0 Å². The zero-order valence-corrected chi connectivity index (χ0v) is 7.04. The van der Waals surface area contributed by atoms with Crippen molar-refractivity contribution < 1.29 is 14.5 Å². The Hall–Kier alpha value is -2.17. The monoisotopic (exact) mass is 190 g/mol. The van der Waals surface area contributed by atoms with Crippen LogP contribution in [-0.4, -0.2) is 21.7 Å². The lowest BCUT2D eigenvalue weighted by atomic mass is 10.1. The summed E-state index contributed by atoms with van der Waals surface area (Å²) in [6.07, 6.45) is 0.568. The standard InChI is InChI=1S/C9H6N2O3/c12-5-8-9(11-14-10-8)6-1-3-7(13)4-2-6/h1-5,13H. The third-order valence-corrected chi connectivity index (χ3v) is 1.77. The first kappa shape index (κ1) is 8.43. The van der Waals surface area contributed by atoms with Gasteiger partial charge < -0.3 is 5.11 Å². The second kappa shape index (κ2) is 3.29. The average Bonchev–Trinajstić information content (AvgIpc) is 2.67. The van der Waals surface area contributed by atoms with Gasteiger partial charge in [-0.05, 0) is 34.6 Å². The van der Waals surface area contributed by atoms with E-state index in [9.17, 15) is 4.79 Å². The second-order valence-electron chi connectivity index (χ2n) is 2.66. The minimum absolute atomic E-state index is 0.149. The Morgan fingerprint density at radius 1 is 1.21 bits per heavy atom. The predicted octanol–water partition coefficient (Wildman–Crippen LogP) is 1.25. The first-order valence-electron chi connectivity index (χ1n) is 3.88. The van der Waals surface area contributed by atoms with E-state index in [1.54, 1.807) is 12.1 Å². The van der Waals surface area contributed by atoms with Crippen molar-refractivity contribution in [3.63, 3.8) is 0 Å². The Morgan fingerprint density at radius 3 is 2.57 bits per heavy atom. The maximum atomic E-state index is 10.5. The number of aldehydes is 1. The maximum Gasteiger partial charge on any atom is 0.175 e. The molecule has 0 aliphatic carbocycles. The fourth-order valence-corrected chi connectivity index (χ4v) is 1.09. The van der Waals surface area contributed by atoms with E-state index in [2.05, 4.69) is 14.9 Å². The molecule has 0 aliphatic rings. The number of rotatable bonds is 2. The van der Waals surface area contributed by atoms with Crippen molar-refractivity contribution in [1.29, 1.82) is 0 Å². The van der Waals surface area contributed by atoms with Gasteiger partial charge in [0.2, 0.25) is 0 Å². The van der Waals surface area contributed by atoms with Gasteiger partial charge in [0.1, 0.15) is 11.4 Å². The first-order chi connectivity index (χ1) is 6.81. The number of phenolic OH excluding ortho intramolecular Hbond substituents is 1. The van der Waals surface area contributed by atoms with Crippen LogP contribution in [0.15, 0.2) is 28.9 Å². The third-order valence-electron chi connectivity index (χ3n) is 1.77. The van der Waals surface area contributed by atoms with E-state index in [1.807, 2.05) is 0 Å². The minimum Gasteiger partial charge on any atom is -0.508 e. The van der Waals surface area contributed by atoms with E-state index in [0.717, 1.165) is 0 Å². The quantitative estimate of drug-likeness (QED) is 0.721. The molecule has 14 heavy (non-hydrogen) atoms. The van der Waals surface area contributed by atoms with Crippen LogP contribution in [0, 0.1) is 0 Å². The van der Waals surface area contributed by atoms with E-state index in [-0.39, 0.29) is 11.4 Å². The number of hydrogen-bond donors (Lipinski definition) is 1. The highest BCUT2D eigenvalue weighted by molar-refractivity contribution is 5.82. The number of nitrogens with zero attached hydrogens (tertiary/aromatic N) is 2. The van der Waals surface area contributed by atoms with Crippen LogP contribution in [0.5, 0.6) is 5.75 Å². The molecular formula is C9H6N2O3. The van der Waals surface area contributed by atoms with Gasteiger partial charge in [0.05, 0.1) is 0 Å². The van der Waals surface area contributed by atoms with Gasteiger partial charge in [-0.3, -0.25) is 4.79 Å². The van der Waals surface area contributed by atoms with Gasteiger partial charge in [-0.1, -0.05) is 0 Å². The number of carbonyl (C=O) groups excluding carboxylic acids is 1. The van der Waals surface area contributed by atoms with Gasteiger partial charge in [-0.2, -0.15) is 0 Å². The topological polar surface area (TPSA) is 76.2 Å². The van der Waals surface area contributed by atoms with Crippen LogP contribution in [0.25, 0.3) is 11.3 Å². The number of hydrogen-bond acceptors (Lipinski definition) is 5. The highest BCUT2D eigenvalue weighted by atomic mass is 16.6. The maximum absolute atomic E-state index is 10.5. The van der Waals surface area contributed by atoms with Crippen molar-refractivity contribution in [2.75, 3.05) is 0 Å². The smallest absolute Gasteiger partial charge is 0.175 e. The normalized spacial score (nSPS) is 10.0. The second-order valence-corrected chi connectivity index (χ2v) is 2.66. The summed E-state index contributed by atoms with van der Waals surface area (Å²) >= 11 is 0. The SMILES string of the molecule is O=Cc1nonc1-c1ccc(O)cc1. The minimum atomic E-state index is 0.149. The molecule has 0 radical (unpaired) electrons. The summed E-state index contributed by atoms with van der Waals surface area (Å²) in [4.78, 5) is 10.5. The Bertz CT molecular complexity index is 447. The molecule has 0 unspecified atom stereocenters. The molecule has 0 amide bonds. The van der Waals surface area contributed by atoms with Gasteiger partial charge in [0, 0.05) is 5.56 Å². The molecule has 0 saturated carbocycles. The fourth-order valence-electron chi connectivity index (χ4n) is 1.09. The van der Waals surface area contributed by atoms with E-state index >= 15 is 0 Å². The largest absolute Gasteiger partial charge is 0.508 e. The third kappa shape index (κ3) is 1.35. The molecule has 0 bridgehead atoms. The molecule has 0 aliphatic heterocycles. The van der Waals surface area contributed by atoms with Gasteiger partial charge in [-0.15, -0.1) is 0 Å². The van der Waals surface area contributed by atoms with Crippen molar-refractivity contribution in [1.82, 2.24) is 10.3 Å². The van der Waals surface area contributed by atoms with E-state index in [1.165, 1.54) is 12.1 Å². The van der Waals surface area contributed by atoms with Crippen LogP contribution in [0.2, 0.25) is 0 Å². The molecule has 1 aromatic heterocycles. The Balaban J connectivity index is 2.49. The lowest BCUT2D eigenvalue weighted by molar-refractivity contribution is 0.111. The summed E-state index contributed by atoms with van der Waals surface area (Å²) in [6.45, 7) is 0. The Morgan fingerprint density at radius 2 is 1.93 bits per heavy atom. The molecule has 2 aromatic rings. The summed E-state index contributed by atoms with van der Waals surface area (Å²) in [6, 6.07) is 6.25. The zero-order valence-electron chi connectivity index (χ0n) is 7.04. The molecule has 70 valence electrons. The van der Waals surface area contributed by atoms with E-state index < -0.39 is 0 Å². The van der Waals surface area contributed by atoms with Crippen LogP contribution in [0.3, 0.4) is 0 Å². The first-order valence-corrected chi connectivity index (χ1v) is 3.88. The average molecular weight is 190 g/mol. The molecule has 1 heterocycles. The summed E-state index contributed by atoms with van der Waals surface area (Å²) in [5.41, 5.74) is 1.20. The van der Waals surface area contributed by atoms with Gasteiger partial charge in [0.25, 0.3) is 0 Å². The van der Waals surface area contributed by atoms with Gasteiger partial charge >= 0.3 is 0 Å². The van der Waals surface area contributed by atoms with Crippen LogP contribution >= 0.6 is 0 Å². The molecule has 2 rings (SSSR count). The van der Waals surface area contributed by atoms with Gasteiger partial charge in [0.15, 0.2) is 12.0 Å². The molecule has 5 nitrogen and oxygen atoms in total. The predicted molar refractivity (Wildman–Crippen MR) is 46.8 cm³/mol. The summed E-state index contributed by atoms with van der Waals surface area (Å²) in [5.74, 6) is 0.151. The highest BCUT2D eigenvalue weighted by Gasteiger charge is 2.10. The number of phenols is 1. The van der Waals surface area contributed by atoms with Crippen LogP contribution in [0.1, 0.15) is 10.5 Å². The molecule has 0 fully saturated rings. The molecule has 1 N–H and O–H groups in total. The zero-order chi connectivity index (χ0) is 9.97. The van der Waals surface area contributed by atoms with E-state index in [4.69, 9.17) is 5.11 Å². The molecule has 0 spiro atoms. The van der Waals surface area contributed by atoms with Crippen molar-refractivity contribution in [2.45, 2.75) is 0 Å². The number of aromatic hydroxyl groups is 1. The number of benzene rings is 1. The lowest BCUT2D eigenvalue weighted by Gasteiger charge is -1.95. The van der Waals surface area contributed by atoms with E-state index in [0.29, 0.717) is 17.5 Å². The number of carbonyl (C=O) groups is 1. The summed E-state index contributed by atoms with van der Waals surface area (Å²) in [5, 5.41) is 16.1. The Kier molecular flexibility index (Phi) is 1.98. The van der Waals surface area contributed by atoms with Crippen LogP contribution < -0.4 is 0 Å². The summed E-state index contributed by atoms with van der Waals surface area (Å²) in [7, 11) is 0. The van der Waals surface area contributed by atoms with Gasteiger partial charge in [-0.25, -0.2) is 4.63 Å². The Labute approximate surface area is 78.9 Å². The van der Waals surface area contributed by atoms with Crippen LogP contribution in [-0.2, 0) is 0 Å². The van der Waals surface area contributed by atoms with Crippen molar-refractivity contribution in [2.24, 2.45) is 0 Å². The fraction of sp³-hybridized carbons (Fsp3) is 0. The lowest BCUT2D eigenvalue weighted by Crippen LogP contribution is -1.85. The van der Waals surface area contributed by atoms with Crippen LogP contribution in [0.4, 0.5) is 0 Å². The summed E-state index contributed by atoms with van der Waals surface area (Å²) < 4.78 is 4.43. The highest BCUT2D eigenvalue weighted by Crippen LogP contribution is 2.21. The number of aromatic nitrogens is 2.